The zero-order valence-corrected chi connectivity index (χ0v) is 19.5. The van der Waals surface area contributed by atoms with Crippen LogP contribution in [0.3, 0.4) is 0 Å². The van der Waals surface area contributed by atoms with Crippen molar-refractivity contribution in [2.45, 2.75) is 58.9 Å². The van der Waals surface area contributed by atoms with Crippen molar-refractivity contribution >= 4 is 29.0 Å². The lowest BCUT2D eigenvalue weighted by Crippen LogP contribution is -2.39. The standard InChI is InChI=1S/C25H33N5O3/c1-3-4-10-33-25-28-23(26)22-24(29-25)30(15-21(32)27-22)14-19-7-5-6-18(11-19)13-20(16(2)31)12-17-8-9-17/h5-7,11,17,20H,3-4,8-10,12-15H2,1-2H3,(H,27,32)(H2,26,28,29). The number of nitrogens with zero attached hydrogens (tertiary/aromatic N) is 3. The molecule has 1 fully saturated rings. The van der Waals surface area contributed by atoms with Crippen LogP contribution in [0.2, 0.25) is 0 Å². The first kappa shape index (κ1) is 23.0. The Bertz CT molecular complexity index is 1020. The summed E-state index contributed by atoms with van der Waals surface area (Å²) in [6.07, 6.45) is 6.13. The Hall–Kier alpha value is -3.16. The summed E-state index contributed by atoms with van der Waals surface area (Å²) in [7, 11) is 0. The molecule has 176 valence electrons. The lowest BCUT2D eigenvalue weighted by molar-refractivity contribution is -0.121. The van der Waals surface area contributed by atoms with Crippen LogP contribution in [-0.2, 0) is 22.6 Å². The Labute approximate surface area is 194 Å². The average Bonchev–Trinajstić information content (AvgIpc) is 3.59. The number of anilines is 3. The highest BCUT2D eigenvalue weighted by Crippen LogP contribution is 2.37. The molecule has 0 bridgehead atoms. The lowest BCUT2D eigenvalue weighted by Gasteiger charge is -2.30. The molecule has 1 atom stereocenters. The van der Waals surface area contributed by atoms with Crippen molar-refractivity contribution in [3.05, 3.63) is 35.4 Å². The number of Topliss-reactive ketones (excluding diaryl/α,β-unsaturated/α-hetero) is 1. The maximum Gasteiger partial charge on any atom is 0.320 e. The van der Waals surface area contributed by atoms with Gasteiger partial charge in [-0.3, -0.25) is 9.59 Å². The first-order valence-corrected chi connectivity index (χ1v) is 11.9. The van der Waals surface area contributed by atoms with Gasteiger partial charge in [-0.25, -0.2) is 0 Å². The number of unbranched alkanes of at least 4 members (excludes halogenated alkanes) is 1. The Morgan fingerprint density at radius 2 is 2.09 bits per heavy atom. The second-order valence-corrected chi connectivity index (χ2v) is 9.21. The molecule has 1 aliphatic carbocycles. The topological polar surface area (TPSA) is 110 Å². The van der Waals surface area contributed by atoms with Crippen LogP contribution in [0.1, 0.15) is 57.1 Å². The summed E-state index contributed by atoms with van der Waals surface area (Å²) in [5.41, 5.74) is 8.72. The van der Waals surface area contributed by atoms with E-state index >= 15 is 0 Å². The van der Waals surface area contributed by atoms with E-state index in [4.69, 9.17) is 10.5 Å². The van der Waals surface area contributed by atoms with Crippen LogP contribution in [0.15, 0.2) is 24.3 Å². The second kappa shape index (κ2) is 10.2. The monoisotopic (exact) mass is 451 g/mol. The van der Waals surface area contributed by atoms with Crippen LogP contribution in [0, 0.1) is 11.8 Å². The first-order chi connectivity index (χ1) is 15.9. The first-order valence-electron chi connectivity index (χ1n) is 11.9. The molecule has 8 heteroatoms. The van der Waals surface area contributed by atoms with Crippen molar-refractivity contribution in [1.82, 2.24) is 9.97 Å². The summed E-state index contributed by atoms with van der Waals surface area (Å²) in [5, 5.41) is 2.79. The van der Waals surface area contributed by atoms with E-state index in [-0.39, 0.29) is 36.0 Å². The summed E-state index contributed by atoms with van der Waals surface area (Å²) in [6, 6.07) is 8.46. The number of nitrogen functional groups attached to an aromatic ring is 1. The van der Waals surface area contributed by atoms with Gasteiger partial charge in [-0.2, -0.15) is 9.97 Å². The van der Waals surface area contributed by atoms with Gasteiger partial charge in [0, 0.05) is 12.5 Å². The third-order valence-corrected chi connectivity index (χ3v) is 6.26. The number of fused-ring (bicyclic) bond motifs is 1. The Kier molecular flexibility index (Phi) is 7.11. The maximum absolute atomic E-state index is 12.3. The molecule has 33 heavy (non-hydrogen) atoms. The zero-order valence-electron chi connectivity index (χ0n) is 19.5. The summed E-state index contributed by atoms with van der Waals surface area (Å²) >= 11 is 0. The number of amides is 1. The maximum atomic E-state index is 12.3. The van der Waals surface area contributed by atoms with E-state index in [1.807, 2.05) is 17.0 Å². The van der Waals surface area contributed by atoms with Crippen molar-refractivity contribution in [3.63, 3.8) is 0 Å². The van der Waals surface area contributed by atoms with Crippen LogP contribution in [0.25, 0.3) is 0 Å². The van der Waals surface area contributed by atoms with Gasteiger partial charge in [0.15, 0.2) is 11.6 Å². The number of carbonyl (C=O) groups excluding carboxylic acids is 2. The van der Waals surface area contributed by atoms with Gasteiger partial charge in [0.25, 0.3) is 0 Å². The summed E-state index contributed by atoms with van der Waals surface area (Å²) in [6.45, 7) is 4.96. The number of nitrogens with one attached hydrogen (secondary N) is 1. The number of benzene rings is 1. The van der Waals surface area contributed by atoms with Gasteiger partial charge in [0.05, 0.1) is 13.2 Å². The highest BCUT2D eigenvalue weighted by Gasteiger charge is 2.29. The molecule has 1 unspecified atom stereocenters. The van der Waals surface area contributed by atoms with E-state index in [1.165, 1.54) is 12.8 Å². The van der Waals surface area contributed by atoms with Crippen molar-refractivity contribution in [2.24, 2.45) is 11.8 Å². The molecule has 8 nitrogen and oxygen atoms in total. The third-order valence-electron chi connectivity index (χ3n) is 6.26. The van der Waals surface area contributed by atoms with Crippen LogP contribution >= 0.6 is 0 Å². The van der Waals surface area contributed by atoms with Crippen molar-refractivity contribution < 1.29 is 14.3 Å². The van der Waals surface area contributed by atoms with Crippen LogP contribution in [0.5, 0.6) is 6.01 Å². The van der Waals surface area contributed by atoms with Gasteiger partial charge in [0.1, 0.15) is 11.5 Å². The zero-order chi connectivity index (χ0) is 23.4. The van der Waals surface area contributed by atoms with Crippen LogP contribution in [0.4, 0.5) is 17.3 Å². The van der Waals surface area contributed by atoms with E-state index in [2.05, 4.69) is 34.3 Å². The molecule has 1 aromatic heterocycles. The molecule has 0 saturated heterocycles. The number of aromatic nitrogens is 2. The highest BCUT2D eigenvalue weighted by molar-refractivity contribution is 6.03. The molecule has 4 rings (SSSR count). The van der Waals surface area contributed by atoms with Gasteiger partial charge < -0.3 is 20.7 Å². The van der Waals surface area contributed by atoms with Crippen molar-refractivity contribution in [3.8, 4) is 6.01 Å². The predicted molar refractivity (Wildman–Crippen MR) is 128 cm³/mol. The minimum absolute atomic E-state index is 0.0737. The smallest absolute Gasteiger partial charge is 0.320 e. The van der Waals surface area contributed by atoms with Gasteiger partial charge in [-0.15, -0.1) is 0 Å². The fraction of sp³-hybridized carbons (Fsp3) is 0.520. The van der Waals surface area contributed by atoms with E-state index in [9.17, 15) is 9.59 Å². The fourth-order valence-corrected chi connectivity index (χ4v) is 4.23. The number of ether oxygens (including phenoxy) is 1. The van der Waals surface area contributed by atoms with Crippen LogP contribution < -0.4 is 20.7 Å². The van der Waals surface area contributed by atoms with Crippen LogP contribution in [-0.4, -0.2) is 34.8 Å². The summed E-state index contributed by atoms with van der Waals surface area (Å²) in [5.74, 6) is 1.65. The average molecular weight is 452 g/mol. The molecule has 1 amide bonds. The molecule has 2 heterocycles. The molecular formula is C25H33N5O3. The molecule has 2 aliphatic rings. The molecule has 0 radical (unpaired) electrons. The third kappa shape index (κ3) is 6.00. The number of nitrogens with two attached hydrogens (primary N) is 1. The SMILES string of the molecule is CCCCOc1nc(N)c2c(n1)N(Cc1cccc(CC(CC3CC3)C(C)=O)c1)CC(=O)N2. The Morgan fingerprint density at radius 3 is 2.82 bits per heavy atom. The number of hydrogen-bond acceptors (Lipinski definition) is 7. The molecule has 1 aliphatic heterocycles. The molecule has 2 aromatic rings. The van der Waals surface area contributed by atoms with Gasteiger partial charge in [-0.05, 0) is 43.2 Å². The lowest BCUT2D eigenvalue weighted by atomic mass is 9.90. The van der Waals surface area contributed by atoms with E-state index in [0.29, 0.717) is 30.6 Å². The fourth-order valence-electron chi connectivity index (χ4n) is 4.23. The minimum atomic E-state index is -0.158. The quantitative estimate of drug-likeness (QED) is 0.501. The molecule has 0 spiro atoms. The highest BCUT2D eigenvalue weighted by atomic mass is 16.5. The van der Waals surface area contributed by atoms with Gasteiger partial charge in [0.2, 0.25) is 5.91 Å². The van der Waals surface area contributed by atoms with Gasteiger partial charge in [-0.1, -0.05) is 50.5 Å². The summed E-state index contributed by atoms with van der Waals surface area (Å²) < 4.78 is 5.67. The van der Waals surface area contributed by atoms with E-state index in [0.717, 1.165) is 36.8 Å². The van der Waals surface area contributed by atoms with E-state index in [1.54, 1.807) is 6.92 Å². The Balaban J connectivity index is 1.52. The number of ketones is 1. The van der Waals surface area contributed by atoms with Crippen molar-refractivity contribution in [2.75, 3.05) is 29.1 Å². The number of hydrogen-bond donors (Lipinski definition) is 2. The minimum Gasteiger partial charge on any atom is -0.463 e. The Morgan fingerprint density at radius 1 is 1.30 bits per heavy atom. The van der Waals surface area contributed by atoms with Gasteiger partial charge >= 0.3 is 6.01 Å². The largest absolute Gasteiger partial charge is 0.463 e. The molecular weight excluding hydrogens is 418 g/mol. The normalized spacial score (nSPS) is 16.2. The second-order valence-electron chi connectivity index (χ2n) is 9.21. The summed E-state index contributed by atoms with van der Waals surface area (Å²) in [4.78, 5) is 35.1. The van der Waals surface area contributed by atoms with Crippen molar-refractivity contribution in [1.29, 1.82) is 0 Å². The molecule has 1 saturated carbocycles. The number of rotatable bonds is 11. The molecule has 1 aromatic carbocycles. The number of carbonyl (C=O) groups is 2. The molecule has 3 N–H and O–H groups in total. The predicted octanol–water partition coefficient (Wildman–Crippen LogP) is 3.74. The van der Waals surface area contributed by atoms with E-state index < -0.39 is 0 Å².